The average Bonchev–Trinajstić information content (AvgIpc) is 3.18. The number of aromatic nitrogens is 1. The Morgan fingerprint density at radius 1 is 1.09 bits per heavy atom. The lowest BCUT2D eigenvalue weighted by molar-refractivity contribution is 0.0978. The van der Waals surface area contributed by atoms with Crippen molar-refractivity contribution in [1.29, 1.82) is 0 Å². The number of aryl methyl sites for hydroxylation is 2. The van der Waals surface area contributed by atoms with Gasteiger partial charge in [-0.25, -0.2) is 4.98 Å². The lowest BCUT2D eigenvalue weighted by Crippen LogP contribution is -2.34. The van der Waals surface area contributed by atoms with Crippen molar-refractivity contribution < 1.29 is 9.21 Å². The molecule has 0 saturated heterocycles. The number of amides is 1. The largest absolute Gasteiger partial charge is 0.436 e. The Labute approximate surface area is 200 Å². The molecule has 0 unspecified atom stereocenters. The Hall–Kier alpha value is -2.93. The molecule has 0 aliphatic heterocycles. The zero-order valence-electron chi connectivity index (χ0n) is 17.3. The molecule has 4 rings (SSSR count). The van der Waals surface area contributed by atoms with Crippen LogP contribution in [-0.2, 0) is 6.42 Å². The molecule has 0 aliphatic rings. The van der Waals surface area contributed by atoms with E-state index in [1.165, 1.54) is 11.6 Å². The Kier molecular flexibility index (Phi) is 6.46. The van der Waals surface area contributed by atoms with Gasteiger partial charge < -0.3 is 9.73 Å². The summed E-state index contributed by atoms with van der Waals surface area (Å²) in [6.45, 7) is 4.04. The zero-order chi connectivity index (χ0) is 22.8. The summed E-state index contributed by atoms with van der Waals surface area (Å²) in [4.78, 5) is 17.1. The first-order chi connectivity index (χ1) is 15.3. The molecule has 0 bridgehead atoms. The molecule has 5 nitrogen and oxygen atoms in total. The van der Waals surface area contributed by atoms with E-state index in [2.05, 4.69) is 22.5 Å². The summed E-state index contributed by atoms with van der Waals surface area (Å²) in [6, 6.07) is 16.4. The van der Waals surface area contributed by atoms with Gasteiger partial charge in [-0.2, -0.15) is 0 Å². The van der Waals surface area contributed by atoms with Crippen LogP contribution in [0, 0.1) is 6.92 Å². The van der Waals surface area contributed by atoms with Crippen LogP contribution in [0.25, 0.3) is 22.6 Å². The molecule has 0 atom stereocenters. The number of carbonyl (C=O) groups excluding carboxylic acids is 1. The number of oxazole rings is 1. The maximum atomic E-state index is 12.5. The molecule has 3 aromatic carbocycles. The molecule has 4 aromatic rings. The number of rotatable bonds is 4. The Morgan fingerprint density at radius 2 is 1.91 bits per heavy atom. The SMILES string of the molecule is CCc1ccc2oc(-c3ccc(C)c(NC(=S)NC(=O)c4ccc(Cl)cc4Cl)c3)nc2c1. The van der Waals surface area contributed by atoms with Gasteiger partial charge in [0.2, 0.25) is 5.89 Å². The second-order valence-corrected chi connectivity index (χ2v) is 8.49. The van der Waals surface area contributed by atoms with E-state index in [-0.39, 0.29) is 15.7 Å². The van der Waals surface area contributed by atoms with Gasteiger partial charge in [-0.15, -0.1) is 0 Å². The Balaban J connectivity index is 1.54. The van der Waals surface area contributed by atoms with Crippen LogP contribution >= 0.6 is 35.4 Å². The van der Waals surface area contributed by atoms with Crippen molar-refractivity contribution in [2.75, 3.05) is 5.32 Å². The molecule has 0 aliphatic carbocycles. The fraction of sp³-hybridized carbons (Fsp3) is 0.125. The van der Waals surface area contributed by atoms with Crippen LogP contribution in [0.1, 0.15) is 28.4 Å². The average molecular weight is 484 g/mol. The minimum atomic E-state index is -0.427. The number of fused-ring (bicyclic) bond motifs is 1. The number of halogens is 2. The van der Waals surface area contributed by atoms with Gasteiger partial charge in [0.15, 0.2) is 10.7 Å². The van der Waals surface area contributed by atoms with E-state index in [1.807, 2.05) is 43.3 Å². The smallest absolute Gasteiger partial charge is 0.258 e. The van der Waals surface area contributed by atoms with E-state index < -0.39 is 5.91 Å². The summed E-state index contributed by atoms with van der Waals surface area (Å²) < 4.78 is 5.93. The molecule has 162 valence electrons. The van der Waals surface area contributed by atoms with Crippen molar-refractivity contribution in [2.24, 2.45) is 0 Å². The Bertz CT molecular complexity index is 1350. The summed E-state index contributed by atoms with van der Waals surface area (Å²) >= 11 is 17.3. The summed E-state index contributed by atoms with van der Waals surface area (Å²) in [5.41, 5.74) is 5.49. The van der Waals surface area contributed by atoms with Gasteiger partial charge in [0.25, 0.3) is 5.91 Å². The number of hydrogen-bond donors (Lipinski definition) is 2. The predicted molar refractivity (Wildman–Crippen MR) is 134 cm³/mol. The zero-order valence-corrected chi connectivity index (χ0v) is 19.7. The van der Waals surface area contributed by atoms with E-state index in [0.29, 0.717) is 10.9 Å². The number of nitrogens with zero attached hydrogens (tertiary/aromatic N) is 1. The van der Waals surface area contributed by atoms with Crippen molar-refractivity contribution >= 4 is 63.2 Å². The molecule has 2 N–H and O–H groups in total. The molecule has 1 amide bonds. The van der Waals surface area contributed by atoms with E-state index in [9.17, 15) is 4.79 Å². The first-order valence-electron chi connectivity index (χ1n) is 9.92. The summed E-state index contributed by atoms with van der Waals surface area (Å²) in [6.07, 6.45) is 0.932. The van der Waals surface area contributed by atoms with Crippen molar-refractivity contribution in [3.63, 3.8) is 0 Å². The highest BCUT2D eigenvalue weighted by Crippen LogP contribution is 2.28. The number of hydrogen-bond acceptors (Lipinski definition) is 4. The van der Waals surface area contributed by atoms with Gasteiger partial charge in [-0.1, -0.05) is 42.3 Å². The van der Waals surface area contributed by atoms with Crippen molar-refractivity contribution in [2.45, 2.75) is 20.3 Å². The van der Waals surface area contributed by atoms with E-state index >= 15 is 0 Å². The molecular weight excluding hydrogens is 465 g/mol. The minimum Gasteiger partial charge on any atom is -0.436 e. The molecule has 1 aromatic heterocycles. The van der Waals surface area contributed by atoms with Gasteiger partial charge in [-0.05, 0) is 79.2 Å². The van der Waals surface area contributed by atoms with Crippen LogP contribution in [0.4, 0.5) is 5.69 Å². The van der Waals surface area contributed by atoms with Gasteiger partial charge in [0.05, 0.1) is 10.6 Å². The molecular formula is C24H19Cl2N3O2S. The van der Waals surface area contributed by atoms with Crippen molar-refractivity contribution in [3.05, 3.63) is 81.3 Å². The van der Waals surface area contributed by atoms with Crippen LogP contribution in [0.3, 0.4) is 0 Å². The number of anilines is 1. The molecule has 8 heteroatoms. The molecule has 0 radical (unpaired) electrons. The summed E-state index contributed by atoms with van der Waals surface area (Å²) in [5, 5.41) is 6.55. The number of carbonyl (C=O) groups is 1. The van der Waals surface area contributed by atoms with E-state index in [0.717, 1.165) is 34.3 Å². The topological polar surface area (TPSA) is 67.2 Å². The summed E-state index contributed by atoms with van der Waals surface area (Å²) in [7, 11) is 0. The van der Waals surface area contributed by atoms with Gasteiger partial charge in [-0.3, -0.25) is 10.1 Å². The maximum absolute atomic E-state index is 12.5. The van der Waals surface area contributed by atoms with Gasteiger partial charge >= 0.3 is 0 Å². The van der Waals surface area contributed by atoms with Crippen LogP contribution < -0.4 is 10.6 Å². The number of nitrogens with one attached hydrogen (secondary N) is 2. The van der Waals surface area contributed by atoms with Crippen molar-refractivity contribution in [3.8, 4) is 11.5 Å². The monoisotopic (exact) mass is 483 g/mol. The maximum Gasteiger partial charge on any atom is 0.258 e. The lowest BCUT2D eigenvalue weighted by Gasteiger charge is -2.13. The second kappa shape index (κ2) is 9.28. The Morgan fingerprint density at radius 3 is 2.66 bits per heavy atom. The first kappa shape index (κ1) is 22.3. The van der Waals surface area contributed by atoms with E-state index in [1.54, 1.807) is 12.1 Å². The first-order valence-corrected chi connectivity index (χ1v) is 11.1. The fourth-order valence-corrected chi connectivity index (χ4v) is 3.90. The normalized spacial score (nSPS) is 10.9. The fourth-order valence-electron chi connectivity index (χ4n) is 3.20. The van der Waals surface area contributed by atoms with Gasteiger partial charge in [0.1, 0.15) is 5.52 Å². The third kappa shape index (κ3) is 4.78. The van der Waals surface area contributed by atoms with Gasteiger partial charge in [0, 0.05) is 16.3 Å². The van der Waals surface area contributed by atoms with Crippen LogP contribution in [0.5, 0.6) is 0 Å². The minimum absolute atomic E-state index is 0.145. The highest BCUT2D eigenvalue weighted by atomic mass is 35.5. The predicted octanol–water partition coefficient (Wildman–Crippen LogP) is 6.80. The number of thiocarbonyl (C=S) groups is 1. The van der Waals surface area contributed by atoms with Crippen molar-refractivity contribution in [1.82, 2.24) is 10.3 Å². The van der Waals surface area contributed by atoms with Crippen LogP contribution in [0.2, 0.25) is 10.0 Å². The third-order valence-electron chi connectivity index (χ3n) is 5.00. The number of benzene rings is 3. The molecule has 0 fully saturated rings. The van der Waals surface area contributed by atoms with Crippen LogP contribution in [0.15, 0.2) is 59.0 Å². The van der Waals surface area contributed by atoms with Crippen LogP contribution in [-0.4, -0.2) is 16.0 Å². The molecule has 1 heterocycles. The standard InChI is InChI=1S/C24H19Cl2N3O2S/c1-3-14-5-9-21-20(10-14)27-23(31-21)15-6-4-13(2)19(11-15)28-24(32)29-22(30)17-8-7-16(25)12-18(17)26/h4-12H,3H2,1-2H3,(H2,28,29,30,32). The molecule has 0 spiro atoms. The highest BCUT2D eigenvalue weighted by Gasteiger charge is 2.14. The summed E-state index contributed by atoms with van der Waals surface area (Å²) in [5.74, 6) is 0.0860. The highest BCUT2D eigenvalue weighted by molar-refractivity contribution is 7.80. The third-order valence-corrected chi connectivity index (χ3v) is 5.75. The molecule has 0 saturated carbocycles. The second-order valence-electron chi connectivity index (χ2n) is 7.24. The quantitative estimate of drug-likeness (QED) is 0.312. The molecule has 32 heavy (non-hydrogen) atoms. The van der Waals surface area contributed by atoms with E-state index in [4.69, 9.17) is 39.8 Å². The lowest BCUT2D eigenvalue weighted by atomic mass is 10.1.